The van der Waals surface area contributed by atoms with Gasteiger partial charge in [-0.3, -0.25) is 0 Å². The van der Waals surface area contributed by atoms with E-state index in [2.05, 4.69) is 9.71 Å². The summed E-state index contributed by atoms with van der Waals surface area (Å²) in [7, 11) is -3.66. The molecule has 1 aromatic heterocycles. The van der Waals surface area contributed by atoms with E-state index in [0.717, 1.165) is 4.88 Å². The highest BCUT2D eigenvalue weighted by molar-refractivity contribution is 7.89. The number of nitrogens with one attached hydrogen (secondary N) is 1. The van der Waals surface area contributed by atoms with Crippen LogP contribution in [0.15, 0.2) is 35.4 Å². The van der Waals surface area contributed by atoms with Gasteiger partial charge >= 0.3 is 0 Å². The molecule has 0 aliphatic carbocycles. The van der Waals surface area contributed by atoms with Gasteiger partial charge in [0.2, 0.25) is 10.0 Å². The highest BCUT2D eigenvalue weighted by Crippen LogP contribution is 2.22. The van der Waals surface area contributed by atoms with E-state index in [1.165, 1.54) is 35.6 Å². The second-order valence-electron chi connectivity index (χ2n) is 4.15. The first-order chi connectivity index (χ1) is 8.88. The number of phenolic OH excluding ortho intramolecular Hbond substituents is 1. The zero-order chi connectivity index (χ0) is 14.0. The second kappa shape index (κ2) is 5.28. The third-order valence-electron chi connectivity index (χ3n) is 2.47. The number of phenols is 1. The first kappa shape index (κ1) is 14.0. The van der Waals surface area contributed by atoms with Gasteiger partial charge in [-0.05, 0) is 32.0 Å². The summed E-state index contributed by atoms with van der Waals surface area (Å²) < 4.78 is 26.8. The summed E-state index contributed by atoms with van der Waals surface area (Å²) in [5, 5.41) is 10.0. The Balaban J connectivity index is 2.22. The molecule has 2 rings (SSSR count). The summed E-state index contributed by atoms with van der Waals surface area (Å²) in [6.45, 7) is 3.65. The van der Waals surface area contributed by atoms with Crippen molar-refractivity contribution in [2.24, 2.45) is 0 Å². The third kappa shape index (κ3) is 3.31. The number of aromatic nitrogens is 1. The van der Waals surface area contributed by atoms with Crippen LogP contribution in [-0.4, -0.2) is 18.5 Å². The number of rotatable bonds is 4. The molecule has 0 saturated heterocycles. The van der Waals surface area contributed by atoms with Gasteiger partial charge in [-0.1, -0.05) is 6.07 Å². The Morgan fingerprint density at radius 2 is 2.16 bits per heavy atom. The monoisotopic (exact) mass is 298 g/mol. The zero-order valence-corrected chi connectivity index (χ0v) is 12.1. The van der Waals surface area contributed by atoms with E-state index in [4.69, 9.17) is 0 Å². The lowest BCUT2D eigenvalue weighted by molar-refractivity contribution is 0.473. The lowest BCUT2D eigenvalue weighted by atomic mass is 10.3. The van der Waals surface area contributed by atoms with Gasteiger partial charge in [0, 0.05) is 11.1 Å². The van der Waals surface area contributed by atoms with Crippen molar-refractivity contribution in [1.29, 1.82) is 0 Å². The Hall–Kier alpha value is -1.44. The standard InChI is InChI=1S/C12H14N2O3S2/c1-8-7-13-12(18-8)9(2)14-19(16,17)11-5-3-4-10(15)6-11/h3-7,9,14-15H,1-2H3. The number of aromatic hydroxyl groups is 1. The largest absolute Gasteiger partial charge is 0.508 e. The van der Waals surface area contributed by atoms with Crippen LogP contribution in [0.2, 0.25) is 0 Å². The summed E-state index contributed by atoms with van der Waals surface area (Å²) in [4.78, 5) is 5.21. The molecule has 7 heteroatoms. The summed E-state index contributed by atoms with van der Waals surface area (Å²) in [5.74, 6) is -0.0828. The minimum Gasteiger partial charge on any atom is -0.508 e. The highest BCUT2D eigenvalue weighted by atomic mass is 32.2. The first-order valence-electron chi connectivity index (χ1n) is 5.62. The van der Waals surface area contributed by atoms with Crippen molar-refractivity contribution in [3.63, 3.8) is 0 Å². The van der Waals surface area contributed by atoms with Gasteiger partial charge < -0.3 is 5.11 Å². The Labute approximate surface area is 116 Å². The Morgan fingerprint density at radius 3 is 2.74 bits per heavy atom. The van der Waals surface area contributed by atoms with E-state index in [1.54, 1.807) is 13.1 Å². The zero-order valence-electron chi connectivity index (χ0n) is 10.5. The maximum atomic E-state index is 12.1. The van der Waals surface area contributed by atoms with Crippen molar-refractivity contribution in [2.45, 2.75) is 24.8 Å². The molecule has 2 aromatic rings. The van der Waals surface area contributed by atoms with E-state index in [1.807, 2.05) is 6.92 Å². The lowest BCUT2D eigenvalue weighted by Crippen LogP contribution is -2.26. The SMILES string of the molecule is Cc1cnc(C(C)NS(=O)(=O)c2cccc(O)c2)s1. The third-order valence-corrected chi connectivity index (χ3v) is 5.10. The van der Waals surface area contributed by atoms with E-state index in [-0.39, 0.29) is 10.6 Å². The molecule has 0 fully saturated rings. The Morgan fingerprint density at radius 1 is 1.42 bits per heavy atom. The fourth-order valence-electron chi connectivity index (χ4n) is 1.57. The van der Waals surface area contributed by atoms with Crippen LogP contribution in [0.3, 0.4) is 0 Å². The van der Waals surface area contributed by atoms with Gasteiger partial charge in [0.15, 0.2) is 0 Å². The van der Waals surface area contributed by atoms with Crippen LogP contribution in [0.1, 0.15) is 22.9 Å². The summed E-state index contributed by atoms with van der Waals surface area (Å²) >= 11 is 1.45. The molecule has 2 N–H and O–H groups in total. The molecule has 1 atom stereocenters. The average Bonchev–Trinajstić information content (AvgIpc) is 2.75. The number of nitrogens with zero attached hydrogens (tertiary/aromatic N) is 1. The lowest BCUT2D eigenvalue weighted by Gasteiger charge is -2.12. The molecule has 1 unspecified atom stereocenters. The number of benzene rings is 1. The van der Waals surface area contributed by atoms with Gasteiger partial charge in [-0.2, -0.15) is 0 Å². The molecule has 0 aliphatic rings. The Bertz CT molecular complexity index is 680. The molecule has 1 aromatic carbocycles. The van der Waals surface area contributed by atoms with Crippen molar-refractivity contribution in [2.75, 3.05) is 0 Å². The number of aryl methyl sites for hydroxylation is 1. The van der Waals surface area contributed by atoms with E-state index >= 15 is 0 Å². The van der Waals surface area contributed by atoms with Gasteiger partial charge in [0.25, 0.3) is 0 Å². The summed E-state index contributed by atoms with van der Waals surface area (Å²) in [6, 6.07) is 5.14. The molecule has 5 nitrogen and oxygen atoms in total. The normalized spacial score (nSPS) is 13.4. The van der Waals surface area contributed by atoms with Gasteiger partial charge in [0.05, 0.1) is 10.9 Å². The Kier molecular flexibility index (Phi) is 3.88. The van der Waals surface area contributed by atoms with Gasteiger partial charge in [-0.15, -0.1) is 11.3 Å². The molecular formula is C12H14N2O3S2. The van der Waals surface area contributed by atoms with Gasteiger partial charge in [-0.25, -0.2) is 18.1 Å². The molecule has 0 spiro atoms. The predicted octanol–water partition coefficient (Wildman–Crippen LogP) is 2.20. The average molecular weight is 298 g/mol. The minimum absolute atomic E-state index is 0.0348. The molecular weight excluding hydrogens is 284 g/mol. The summed E-state index contributed by atoms with van der Waals surface area (Å²) in [6.07, 6.45) is 1.71. The van der Waals surface area contributed by atoms with Gasteiger partial charge in [0.1, 0.15) is 10.8 Å². The number of hydrogen-bond acceptors (Lipinski definition) is 5. The van der Waals surface area contributed by atoms with Crippen molar-refractivity contribution < 1.29 is 13.5 Å². The van der Waals surface area contributed by atoms with Crippen molar-refractivity contribution in [1.82, 2.24) is 9.71 Å². The number of hydrogen-bond donors (Lipinski definition) is 2. The van der Waals surface area contributed by atoms with E-state index in [9.17, 15) is 13.5 Å². The molecule has 0 amide bonds. The van der Waals surface area contributed by atoms with E-state index < -0.39 is 16.1 Å². The van der Waals surface area contributed by atoms with Crippen molar-refractivity contribution in [3.8, 4) is 5.75 Å². The first-order valence-corrected chi connectivity index (χ1v) is 7.92. The molecule has 0 radical (unpaired) electrons. The van der Waals surface area contributed by atoms with Crippen LogP contribution in [-0.2, 0) is 10.0 Å². The number of thiazole rings is 1. The topological polar surface area (TPSA) is 79.3 Å². The molecule has 1 heterocycles. The molecule has 102 valence electrons. The van der Waals surface area contributed by atoms with Crippen molar-refractivity contribution in [3.05, 3.63) is 40.3 Å². The number of sulfonamides is 1. The fraction of sp³-hybridized carbons (Fsp3) is 0.250. The van der Waals surface area contributed by atoms with Crippen molar-refractivity contribution >= 4 is 21.4 Å². The quantitative estimate of drug-likeness (QED) is 0.907. The smallest absolute Gasteiger partial charge is 0.241 e. The molecule has 0 bridgehead atoms. The maximum absolute atomic E-state index is 12.1. The van der Waals surface area contributed by atoms with Crippen LogP contribution >= 0.6 is 11.3 Å². The van der Waals surface area contributed by atoms with Crippen LogP contribution in [0, 0.1) is 6.92 Å². The maximum Gasteiger partial charge on any atom is 0.241 e. The molecule has 0 aliphatic heterocycles. The predicted molar refractivity (Wildman–Crippen MR) is 73.7 cm³/mol. The second-order valence-corrected chi connectivity index (χ2v) is 7.13. The van der Waals surface area contributed by atoms with Crippen LogP contribution in [0.25, 0.3) is 0 Å². The highest BCUT2D eigenvalue weighted by Gasteiger charge is 2.20. The van der Waals surface area contributed by atoms with Crippen LogP contribution in [0.5, 0.6) is 5.75 Å². The van der Waals surface area contributed by atoms with E-state index in [0.29, 0.717) is 5.01 Å². The summed E-state index contributed by atoms with van der Waals surface area (Å²) in [5.41, 5.74) is 0. The van der Waals surface area contributed by atoms with Crippen LogP contribution < -0.4 is 4.72 Å². The fourth-order valence-corrected chi connectivity index (χ4v) is 3.67. The van der Waals surface area contributed by atoms with Crippen LogP contribution in [0.4, 0.5) is 0 Å². The molecule has 0 saturated carbocycles. The molecule has 19 heavy (non-hydrogen) atoms. The minimum atomic E-state index is -3.66.